The molecule has 0 spiro atoms. The molecule has 0 bridgehead atoms. The van der Waals surface area contributed by atoms with Crippen LogP contribution in [0.25, 0.3) is 0 Å². The van der Waals surface area contributed by atoms with Gasteiger partial charge in [-0.25, -0.2) is 0 Å². The third-order valence-corrected chi connectivity index (χ3v) is 5.15. The number of rotatable bonds is 5. The van der Waals surface area contributed by atoms with Crippen LogP contribution in [0.2, 0.25) is 0 Å². The lowest BCUT2D eigenvalue weighted by molar-refractivity contribution is -0.143. The van der Waals surface area contributed by atoms with Crippen LogP contribution in [0.3, 0.4) is 0 Å². The van der Waals surface area contributed by atoms with Gasteiger partial charge in [0.1, 0.15) is 0 Å². The quantitative estimate of drug-likeness (QED) is 0.643. The molecule has 0 aromatic heterocycles. The van der Waals surface area contributed by atoms with Crippen molar-refractivity contribution in [2.24, 2.45) is 0 Å². The van der Waals surface area contributed by atoms with Gasteiger partial charge < -0.3 is 10.1 Å². The fourth-order valence-corrected chi connectivity index (χ4v) is 3.68. The van der Waals surface area contributed by atoms with Gasteiger partial charge in [-0.1, -0.05) is 30.3 Å². The average Bonchev–Trinajstić information content (AvgIpc) is 2.68. The molecule has 1 aliphatic rings. The van der Waals surface area contributed by atoms with Crippen molar-refractivity contribution < 1.29 is 31.1 Å². The number of halogens is 6. The van der Waals surface area contributed by atoms with Gasteiger partial charge in [-0.15, -0.1) is 0 Å². The van der Waals surface area contributed by atoms with Crippen molar-refractivity contribution in [2.45, 2.75) is 37.2 Å². The van der Waals surface area contributed by atoms with Crippen molar-refractivity contribution in [1.82, 2.24) is 5.32 Å². The molecule has 29 heavy (non-hydrogen) atoms. The van der Waals surface area contributed by atoms with Crippen molar-refractivity contribution in [3.63, 3.8) is 0 Å². The summed E-state index contributed by atoms with van der Waals surface area (Å²) in [5.41, 5.74) is -2.15. The van der Waals surface area contributed by atoms with Gasteiger partial charge in [0.2, 0.25) is 0 Å². The Bertz CT molecular complexity index is 778. The lowest BCUT2D eigenvalue weighted by Gasteiger charge is -2.38. The molecular formula is C21H21F6NO. The topological polar surface area (TPSA) is 21.3 Å². The van der Waals surface area contributed by atoms with E-state index in [1.807, 2.05) is 30.3 Å². The maximum atomic E-state index is 13.0. The van der Waals surface area contributed by atoms with E-state index >= 15 is 0 Å². The highest BCUT2D eigenvalue weighted by atomic mass is 19.4. The van der Waals surface area contributed by atoms with Crippen molar-refractivity contribution in [1.29, 1.82) is 0 Å². The molecule has 3 rings (SSSR count). The Morgan fingerprint density at radius 3 is 2.03 bits per heavy atom. The second-order valence-corrected chi connectivity index (χ2v) is 7.33. The molecule has 0 unspecified atom stereocenters. The van der Waals surface area contributed by atoms with E-state index in [9.17, 15) is 26.3 Å². The summed E-state index contributed by atoms with van der Waals surface area (Å²) >= 11 is 0. The summed E-state index contributed by atoms with van der Waals surface area (Å²) in [6.45, 7) is 1.35. The number of benzene rings is 2. The van der Waals surface area contributed by atoms with Crippen LogP contribution in [0.15, 0.2) is 48.5 Å². The Kier molecular flexibility index (Phi) is 6.24. The van der Waals surface area contributed by atoms with Crippen LogP contribution < -0.4 is 5.32 Å². The summed E-state index contributed by atoms with van der Waals surface area (Å²) in [4.78, 5) is 0. The molecular weight excluding hydrogens is 396 g/mol. The Morgan fingerprint density at radius 1 is 0.897 bits per heavy atom. The monoisotopic (exact) mass is 417 g/mol. The standard InChI is InChI=1S/C21H21F6NO/c22-20(23,24)17-9-15(10-18(11-17)21(25,26)27)12-29-14-19(7-4-8-28-13-19)16-5-2-1-3-6-16/h1-3,5-6,9-11,28H,4,7-8,12-14H2/t19-/m0/s1. The minimum atomic E-state index is -4.87. The maximum Gasteiger partial charge on any atom is 0.416 e. The lowest BCUT2D eigenvalue weighted by atomic mass is 9.75. The first-order chi connectivity index (χ1) is 13.6. The van der Waals surface area contributed by atoms with E-state index in [1.54, 1.807) is 0 Å². The second kappa shape index (κ2) is 8.36. The van der Waals surface area contributed by atoms with Crippen molar-refractivity contribution >= 4 is 0 Å². The number of piperidine rings is 1. The van der Waals surface area contributed by atoms with E-state index in [1.165, 1.54) is 0 Å². The molecule has 2 aromatic rings. The molecule has 1 heterocycles. The van der Waals surface area contributed by atoms with Gasteiger partial charge in [0, 0.05) is 12.0 Å². The molecule has 2 aromatic carbocycles. The van der Waals surface area contributed by atoms with Crippen LogP contribution in [0.1, 0.15) is 35.1 Å². The molecule has 1 fully saturated rings. The van der Waals surface area contributed by atoms with Crippen LogP contribution in [0.4, 0.5) is 26.3 Å². The molecule has 0 aliphatic carbocycles. The highest BCUT2D eigenvalue weighted by Gasteiger charge is 2.37. The summed E-state index contributed by atoms with van der Waals surface area (Å²) in [6.07, 6.45) is -8.01. The summed E-state index contributed by atoms with van der Waals surface area (Å²) in [7, 11) is 0. The van der Waals surface area contributed by atoms with Crippen molar-refractivity contribution in [3.05, 3.63) is 70.8 Å². The van der Waals surface area contributed by atoms with Gasteiger partial charge in [0.05, 0.1) is 24.3 Å². The van der Waals surface area contributed by atoms with Gasteiger partial charge >= 0.3 is 12.4 Å². The Morgan fingerprint density at radius 2 is 1.52 bits per heavy atom. The normalized spacial score (nSPS) is 20.6. The van der Waals surface area contributed by atoms with E-state index in [0.717, 1.165) is 24.9 Å². The first kappa shape index (κ1) is 21.6. The zero-order chi connectivity index (χ0) is 21.1. The molecule has 158 valence electrons. The van der Waals surface area contributed by atoms with Crippen LogP contribution >= 0.6 is 0 Å². The van der Waals surface area contributed by atoms with Gasteiger partial charge in [-0.2, -0.15) is 26.3 Å². The SMILES string of the molecule is FC(F)(F)c1cc(COC[C@]2(c3ccccc3)CCCNC2)cc(C(F)(F)F)c1. The van der Waals surface area contributed by atoms with E-state index in [0.29, 0.717) is 18.7 Å². The minimum Gasteiger partial charge on any atom is -0.376 e. The maximum absolute atomic E-state index is 13.0. The van der Waals surface area contributed by atoms with Gasteiger partial charge in [0.15, 0.2) is 0 Å². The molecule has 1 saturated heterocycles. The van der Waals surface area contributed by atoms with Crippen molar-refractivity contribution in [3.8, 4) is 0 Å². The van der Waals surface area contributed by atoms with Crippen LogP contribution in [0.5, 0.6) is 0 Å². The Hall–Kier alpha value is -2.06. The molecule has 1 N–H and O–H groups in total. The molecule has 1 aliphatic heterocycles. The Balaban J connectivity index is 1.79. The first-order valence-corrected chi connectivity index (χ1v) is 9.23. The molecule has 0 radical (unpaired) electrons. The molecule has 8 heteroatoms. The number of nitrogens with one attached hydrogen (secondary N) is 1. The largest absolute Gasteiger partial charge is 0.416 e. The van der Waals surface area contributed by atoms with Crippen LogP contribution in [-0.4, -0.2) is 19.7 Å². The summed E-state index contributed by atoms with van der Waals surface area (Å²) in [5.74, 6) is 0. The third kappa shape index (κ3) is 5.30. The predicted octanol–water partition coefficient (Wildman–Crippen LogP) is 5.56. The second-order valence-electron chi connectivity index (χ2n) is 7.33. The summed E-state index contributed by atoms with van der Waals surface area (Å²) in [6, 6.07) is 11.1. The lowest BCUT2D eigenvalue weighted by Crippen LogP contribution is -2.46. The van der Waals surface area contributed by atoms with Gasteiger partial charge in [-0.3, -0.25) is 0 Å². The number of ether oxygens (including phenoxy) is 1. The minimum absolute atomic E-state index is 0.125. The highest BCUT2D eigenvalue weighted by molar-refractivity contribution is 5.33. The first-order valence-electron chi connectivity index (χ1n) is 9.23. The number of alkyl halides is 6. The number of hydrogen-bond donors (Lipinski definition) is 1. The molecule has 2 nitrogen and oxygen atoms in total. The predicted molar refractivity (Wildman–Crippen MR) is 96.3 cm³/mol. The average molecular weight is 417 g/mol. The summed E-state index contributed by atoms with van der Waals surface area (Å²) < 4.78 is 83.8. The molecule has 0 amide bonds. The van der Waals surface area contributed by atoms with Gasteiger partial charge in [-0.05, 0) is 48.7 Å². The fraction of sp³-hybridized carbons (Fsp3) is 0.429. The van der Waals surface area contributed by atoms with E-state index in [-0.39, 0.29) is 30.3 Å². The van der Waals surface area contributed by atoms with Gasteiger partial charge in [0.25, 0.3) is 0 Å². The zero-order valence-corrected chi connectivity index (χ0v) is 15.5. The van der Waals surface area contributed by atoms with E-state index in [2.05, 4.69) is 5.32 Å². The highest BCUT2D eigenvalue weighted by Crippen LogP contribution is 2.37. The van der Waals surface area contributed by atoms with E-state index in [4.69, 9.17) is 4.74 Å². The molecule has 0 saturated carbocycles. The smallest absolute Gasteiger partial charge is 0.376 e. The van der Waals surface area contributed by atoms with E-state index < -0.39 is 23.5 Å². The third-order valence-electron chi connectivity index (χ3n) is 5.15. The number of hydrogen-bond acceptors (Lipinski definition) is 2. The van der Waals surface area contributed by atoms with Crippen LogP contribution in [-0.2, 0) is 29.1 Å². The fourth-order valence-electron chi connectivity index (χ4n) is 3.68. The molecule has 1 atom stereocenters. The van der Waals surface area contributed by atoms with Crippen LogP contribution in [0, 0.1) is 0 Å². The zero-order valence-electron chi connectivity index (χ0n) is 15.5. The van der Waals surface area contributed by atoms with Crippen molar-refractivity contribution in [2.75, 3.05) is 19.7 Å². The summed E-state index contributed by atoms with van der Waals surface area (Å²) in [5, 5.41) is 3.30. The Labute approximate surface area is 164 Å².